The van der Waals surface area contributed by atoms with E-state index in [-0.39, 0.29) is 34.2 Å². The number of fused-ring (bicyclic) bond motifs is 1. The van der Waals surface area contributed by atoms with Crippen LogP contribution in [0.3, 0.4) is 0 Å². The number of carboxylic acids is 1. The lowest BCUT2D eigenvalue weighted by Gasteiger charge is -2.19. The van der Waals surface area contributed by atoms with Crippen LogP contribution in [0.1, 0.15) is 26.3 Å². The summed E-state index contributed by atoms with van der Waals surface area (Å²) in [5.74, 6) is -2.11. The molecule has 0 bridgehead atoms. The first kappa shape index (κ1) is 31.3. The van der Waals surface area contributed by atoms with Crippen molar-refractivity contribution in [1.29, 1.82) is 0 Å². The van der Waals surface area contributed by atoms with Gasteiger partial charge in [0.15, 0.2) is 0 Å². The molecule has 5 rings (SSSR count). The van der Waals surface area contributed by atoms with Crippen LogP contribution in [0.25, 0.3) is 33.6 Å². The van der Waals surface area contributed by atoms with Gasteiger partial charge < -0.3 is 14.4 Å². The van der Waals surface area contributed by atoms with Crippen molar-refractivity contribution in [2.45, 2.75) is 43.7 Å². The van der Waals surface area contributed by atoms with Gasteiger partial charge in [0.2, 0.25) is 15.8 Å². The number of anilines is 1. The molecule has 5 aromatic rings. The smallest absolute Gasteiger partial charge is 0.412 e. The number of hydrogen-bond acceptors (Lipinski definition) is 8. The number of nitrogens with zero attached hydrogens (tertiary/aromatic N) is 2. The minimum atomic E-state index is -4.20. The van der Waals surface area contributed by atoms with Gasteiger partial charge in [0.25, 0.3) is 5.89 Å². The number of rotatable bonds is 9. The molecule has 0 aliphatic rings. The van der Waals surface area contributed by atoms with Gasteiger partial charge in [-0.3, -0.25) is 10.1 Å². The molecule has 1 heterocycles. The quantitative estimate of drug-likeness (QED) is 0.177. The minimum absolute atomic E-state index is 0.000539. The van der Waals surface area contributed by atoms with Crippen LogP contribution in [0, 0.1) is 5.82 Å². The predicted molar refractivity (Wildman–Crippen MR) is 164 cm³/mol. The van der Waals surface area contributed by atoms with E-state index in [1.807, 2.05) is 12.1 Å². The van der Waals surface area contributed by atoms with E-state index in [1.54, 1.807) is 63.2 Å². The fourth-order valence-corrected chi connectivity index (χ4v) is 5.66. The summed E-state index contributed by atoms with van der Waals surface area (Å²) < 4.78 is 54.0. The molecule has 1 atom stereocenters. The van der Waals surface area contributed by atoms with Crippen LogP contribution in [0.15, 0.2) is 94.3 Å². The van der Waals surface area contributed by atoms with E-state index in [2.05, 4.69) is 20.2 Å². The largest absolute Gasteiger partial charge is 0.480 e. The summed E-state index contributed by atoms with van der Waals surface area (Å²) in [5.41, 5.74) is 0.588. The zero-order valence-electron chi connectivity index (χ0n) is 24.4. The van der Waals surface area contributed by atoms with Crippen molar-refractivity contribution in [3.63, 3.8) is 0 Å². The highest BCUT2D eigenvalue weighted by Crippen LogP contribution is 2.27. The lowest BCUT2D eigenvalue weighted by Crippen LogP contribution is -2.42. The van der Waals surface area contributed by atoms with Crippen molar-refractivity contribution in [3.8, 4) is 22.8 Å². The molecule has 0 saturated carbocycles. The van der Waals surface area contributed by atoms with Gasteiger partial charge in [-0.25, -0.2) is 17.6 Å². The molecule has 0 spiro atoms. The van der Waals surface area contributed by atoms with Crippen molar-refractivity contribution < 1.29 is 36.8 Å². The normalized spacial score (nSPS) is 12.5. The molecular formula is C32H29FN4O7S. The standard InChI is InChI=1S/C32H29FN4O7S/c1-32(2,3)43-31(40)34-23-12-9-21(10-13-23)29-35-28(36-44-29)25-15-8-19(16-26(25)33)17-27(30(38)39)37-45(41,42)24-14-11-20-6-4-5-7-22(20)18-24/h4-16,18,27,37H,17H2,1-3H3,(H,34,40)(H,38,39). The predicted octanol–water partition coefficient (Wildman–Crippen LogP) is 6.02. The molecule has 0 fully saturated rings. The molecule has 4 aromatic carbocycles. The molecule has 1 aromatic heterocycles. The Hall–Kier alpha value is -5.14. The van der Waals surface area contributed by atoms with Gasteiger partial charge >= 0.3 is 12.1 Å². The first-order valence-corrected chi connectivity index (χ1v) is 15.2. The molecule has 45 heavy (non-hydrogen) atoms. The molecule has 11 nitrogen and oxygen atoms in total. The second-order valence-corrected chi connectivity index (χ2v) is 12.9. The van der Waals surface area contributed by atoms with Crippen LogP contribution in [0.2, 0.25) is 0 Å². The Morgan fingerprint density at radius 2 is 1.69 bits per heavy atom. The van der Waals surface area contributed by atoms with E-state index >= 15 is 4.39 Å². The second kappa shape index (κ2) is 12.5. The Kier molecular flexibility index (Phi) is 8.66. The number of carbonyl (C=O) groups excluding carboxylic acids is 1. The number of ether oxygens (including phenoxy) is 1. The van der Waals surface area contributed by atoms with Crippen LogP contribution in [0.5, 0.6) is 0 Å². The monoisotopic (exact) mass is 632 g/mol. The zero-order valence-corrected chi connectivity index (χ0v) is 25.3. The third-order valence-corrected chi connectivity index (χ3v) is 8.01. The summed E-state index contributed by atoms with van der Waals surface area (Å²) in [6, 6.07) is 20.5. The number of aromatic nitrogens is 2. The van der Waals surface area contributed by atoms with Crippen LogP contribution in [-0.4, -0.2) is 47.4 Å². The topological polar surface area (TPSA) is 161 Å². The number of aliphatic carboxylic acids is 1. The van der Waals surface area contributed by atoms with Gasteiger partial charge in [-0.15, -0.1) is 0 Å². The van der Waals surface area contributed by atoms with E-state index in [9.17, 15) is 23.1 Å². The highest BCUT2D eigenvalue weighted by molar-refractivity contribution is 7.89. The number of carboxylic acid groups (broad SMARTS) is 1. The Morgan fingerprint density at radius 1 is 0.978 bits per heavy atom. The fraction of sp³-hybridized carbons (Fsp3) is 0.188. The summed E-state index contributed by atoms with van der Waals surface area (Å²) >= 11 is 0. The summed E-state index contributed by atoms with van der Waals surface area (Å²) in [6.45, 7) is 5.26. The molecule has 0 aliphatic heterocycles. The molecule has 232 valence electrons. The Bertz CT molecular complexity index is 1990. The van der Waals surface area contributed by atoms with Gasteiger partial charge in [-0.05, 0) is 92.1 Å². The number of nitrogens with one attached hydrogen (secondary N) is 2. The van der Waals surface area contributed by atoms with Crippen molar-refractivity contribution in [2.75, 3.05) is 5.32 Å². The Morgan fingerprint density at radius 3 is 2.36 bits per heavy atom. The molecule has 1 amide bonds. The molecule has 0 radical (unpaired) electrons. The lowest BCUT2D eigenvalue weighted by atomic mass is 10.0. The number of halogens is 1. The Balaban J connectivity index is 1.27. The van der Waals surface area contributed by atoms with E-state index in [0.717, 1.165) is 11.5 Å². The number of benzene rings is 4. The Labute approximate surface area is 258 Å². The molecule has 13 heteroatoms. The number of hydrogen-bond donors (Lipinski definition) is 3. The molecule has 3 N–H and O–H groups in total. The average Bonchev–Trinajstić information content (AvgIpc) is 3.46. The first-order chi connectivity index (χ1) is 21.3. The summed E-state index contributed by atoms with van der Waals surface area (Å²) in [5, 5.41) is 17.7. The van der Waals surface area contributed by atoms with Gasteiger partial charge in [-0.2, -0.15) is 9.71 Å². The van der Waals surface area contributed by atoms with Gasteiger partial charge in [0, 0.05) is 11.3 Å². The van der Waals surface area contributed by atoms with Gasteiger partial charge in [0.1, 0.15) is 17.5 Å². The van der Waals surface area contributed by atoms with Crippen molar-refractivity contribution in [1.82, 2.24) is 14.9 Å². The number of sulfonamides is 1. The maximum atomic E-state index is 15.2. The average molecular weight is 633 g/mol. The molecule has 0 aliphatic carbocycles. The van der Waals surface area contributed by atoms with Crippen LogP contribution in [-0.2, 0) is 26.0 Å². The van der Waals surface area contributed by atoms with Crippen molar-refractivity contribution in [3.05, 3.63) is 96.3 Å². The third kappa shape index (κ3) is 7.69. The van der Waals surface area contributed by atoms with Crippen LogP contribution < -0.4 is 10.0 Å². The third-order valence-electron chi connectivity index (χ3n) is 6.54. The molecule has 1 unspecified atom stereocenters. The zero-order chi connectivity index (χ0) is 32.4. The van der Waals surface area contributed by atoms with Crippen LogP contribution in [0.4, 0.5) is 14.9 Å². The maximum absolute atomic E-state index is 15.2. The van der Waals surface area contributed by atoms with Crippen molar-refractivity contribution >= 4 is 38.5 Å². The van der Waals surface area contributed by atoms with Gasteiger partial charge in [-0.1, -0.05) is 41.6 Å². The molecular weight excluding hydrogens is 603 g/mol. The highest BCUT2D eigenvalue weighted by atomic mass is 32.2. The maximum Gasteiger partial charge on any atom is 0.412 e. The highest BCUT2D eigenvalue weighted by Gasteiger charge is 2.27. The van der Waals surface area contributed by atoms with Gasteiger partial charge in [0.05, 0.1) is 10.5 Å². The second-order valence-electron chi connectivity index (χ2n) is 11.2. The summed E-state index contributed by atoms with van der Waals surface area (Å²) in [7, 11) is -4.20. The van der Waals surface area contributed by atoms with Crippen molar-refractivity contribution in [2.24, 2.45) is 0 Å². The SMILES string of the molecule is CC(C)(C)OC(=O)Nc1ccc(-c2nc(-c3ccc(CC(NS(=O)(=O)c4ccc5ccccc5c4)C(=O)O)cc3F)no2)cc1. The lowest BCUT2D eigenvalue weighted by molar-refractivity contribution is -0.138. The first-order valence-electron chi connectivity index (χ1n) is 13.7. The van der Waals surface area contributed by atoms with E-state index in [4.69, 9.17) is 9.26 Å². The number of amides is 1. The summed E-state index contributed by atoms with van der Waals surface area (Å²) in [4.78, 5) is 28.1. The van der Waals surface area contributed by atoms with E-state index in [1.165, 1.54) is 24.3 Å². The minimum Gasteiger partial charge on any atom is -0.480 e. The van der Waals surface area contributed by atoms with E-state index in [0.29, 0.717) is 16.6 Å². The van der Waals surface area contributed by atoms with E-state index < -0.39 is 39.5 Å². The number of carbonyl (C=O) groups is 2. The fourth-order valence-electron chi connectivity index (χ4n) is 4.44. The molecule has 0 saturated heterocycles. The summed E-state index contributed by atoms with van der Waals surface area (Å²) in [6.07, 6.45) is -0.924. The van der Waals surface area contributed by atoms with Crippen LogP contribution >= 0.6 is 0 Å².